The number of phenolic OH excluding ortho intramolecular Hbond substituents is 2. The number of rotatable bonds is 11. The molecule has 3 N–H and O–H groups in total. The minimum Gasteiger partial charge on any atom is -0.508 e. The highest BCUT2D eigenvalue weighted by molar-refractivity contribution is 5.82. The topological polar surface area (TPSA) is 104 Å². The summed E-state index contributed by atoms with van der Waals surface area (Å²) in [7, 11) is 1.46. The molecule has 0 unspecified atom stereocenters. The second-order valence-electron chi connectivity index (χ2n) is 6.81. The molecule has 0 aromatic heterocycles. The molecule has 0 saturated carbocycles. The first-order valence-corrected chi connectivity index (χ1v) is 9.22. The van der Waals surface area contributed by atoms with Gasteiger partial charge in [-0.1, -0.05) is 18.2 Å². The van der Waals surface area contributed by atoms with E-state index in [4.69, 9.17) is 4.74 Å². The molecule has 150 valence electrons. The zero-order chi connectivity index (χ0) is 20.5. The predicted octanol–water partition coefficient (Wildman–Crippen LogP) is 2.95. The second kappa shape index (κ2) is 10.5. The second-order valence-corrected chi connectivity index (χ2v) is 6.81. The molecule has 0 saturated heterocycles. The molecule has 0 spiro atoms. The van der Waals surface area contributed by atoms with Gasteiger partial charge >= 0.3 is 0 Å². The summed E-state index contributed by atoms with van der Waals surface area (Å²) < 4.78 is 5.04. The van der Waals surface area contributed by atoms with Crippen LogP contribution in [0.4, 0.5) is 0 Å². The summed E-state index contributed by atoms with van der Waals surface area (Å²) in [6, 6.07) is 11.5. The SMILES string of the molecule is COc1cc(CCC(=O)C[C@H](O)CC(=O)CCc2ccc(O)cc2)ccc1O. The van der Waals surface area contributed by atoms with Gasteiger partial charge in [-0.3, -0.25) is 9.59 Å². The number of hydrogen-bond donors (Lipinski definition) is 3. The van der Waals surface area contributed by atoms with E-state index in [1.807, 2.05) is 0 Å². The standard InChI is InChI=1S/C22H26O6/c1-28-22-12-16(6-11-21(22)27)5-10-19(25)14-20(26)13-18(24)9-4-15-2-7-17(23)8-3-15/h2-3,6-8,11-12,20,23,26-27H,4-5,9-10,13-14H2,1H3/t20-/m1/s1. The summed E-state index contributed by atoms with van der Waals surface area (Å²) in [5.74, 6) is 0.348. The van der Waals surface area contributed by atoms with Crippen LogP contribution in [0.3, 0.4) is 0 Å². The van der Waals surface area contributed by atoms with E-state index in [0.29, 0.717) is 18.6 Å². The third kappa shape index (κ3) is 7.04. The van der Waals surface area contributed by atoms with E-state index in [1.165, 1.54) is 13.2 Å². The smallest absolute Gasteiger partial charge is 0.160 e. The number of phenols is 2. The zero-order valence-electron chi connectivity index (χ0n) is 15.9. The number of methoxy groups -OCH3 is 1. The number of Topliss-reactive ketones (excluding diaryl/α,β-unsaturated/α-hetero) is 2. The van der Waals surface area contributed by atoms with Gasteiger partial charge in [0.15, 0.2) is 11.5 Å². The van der Waals surface area contributed by atoms with E-state index in [1.54, 1.807) is 36.4 Å². The minimum absolute atomic E-state index is 0.0406. The van der Waals surface area contributed by atoms with Gasteiger partial charge in [0.05, 0.1) is 13.2 Å². The van der Waals surface area contributed by atoms with Gasteiger partial charge in [-0.25, -0.2) is 0 Å². The number of aromatic hydroxyl groups is 2. The number of ketones is 2. The van der Waals surface area contributed by atoms with Crippen molar-refractivity contribution in [2.24, 2.45) is 0 Å². The molecule has 0 bridgehead atoms. The van der Waals surface area contributed by atoms with Gasteiger partial charge in [0.2, 0.25) is 0 Å². The quantitative estimate of drug-likeness (QED) is 0.548. The van der Waals surface area contributed by atoms with E-state index in [-0.39, 0.29) is 48.7 Å². The van der Waals surface area contributed by atoms with Crippen molar-refractivity contribution in [3.05, 3.63) is 53.6 Å². The van der Waals surface area contributed by atoms with E-state index < -0.39 is 6.10 Å². The lowest BCUT2D eigenvalue weighted by Crippen LogP contribution is -2.18. The highest BCUT2D eigenvalue weighted by Crippen LogP contribution is 2.26. The number of hydrogen-bond acceptors (Lipinski definition) is 6. The number of aryl methyl sites for hydroxylation is 2. The molecule has 0 aliphatic rings. The van der Waals surface area contributed by atoms with Gasteiger partial charge in [0.1, 0.15) is 17.3 Å². The summed E-state index contributed by atoms with van der Waals surface area (Å²) in [5, 5.41) is 28.8. The Morgan fingerprint density at radius 3 is 2.00 bits per heavy atom. The van der Waals surface area contributed by atoms with Crippen LogP contribution in [0, 0.1) is 0 Å². The Hall–Kier alpha value is -2.86. The van der Waals surface area contributed by atoms with E-state index in [0.717, 1.165) is 11.1 Å². The van der Waals surface area contributed by atoms with Gasteiger partial charge < -0.3 is 20.1 Å². The van der Waals surface area contributed by atoms with Crippen molar-refractivity contribution in [3.8, 4) is 17.2 Å². The summed E-state index contributed by atoms with van der Waals surface area (Å²) in [6.45, 7) is 0. The van der Waals surface area contributed by atoms with Crippen LogP contribution in [0.25, 0.3) is 0 Å². The van der Waals surface area contributed by atoms with E-state index in [9.17, 15) is 24.9 Å². The van der Waals surface area contributed by atoms with E-state index >= 15 is 0 Å². The Labute approximate surface area is 164 Å². The molecule has 0 aliphatic carbocycles. The number of benzene rings is 2. The number of aliphatic hydroxyl groups excluding tert-OH is 1. The molecule has 0 fully saturated rings. The van der Waals surface area contributed by atoms with Gasteiger partial charge in [-0.2, -0.15) is 0 Å². The molecule has 6 nitrogen and oxygen atoms in total. The van der Waals surface area contributed by atoms with Crippen LogP contribution in [-0.2, 0) is 22.4 Å². The molecule has 0 radical (unpaired) electrons. The molecule has 0 amide bonds. The van der Waals surface area contributed by atoms with Crippen LogP contribution in [0.1, 0.15) is 36.8 Å². The Morgan fingerprint density at radius 2 is 1.43 bits per heavy atom. The van der Waals surface area contributed by atoms with Crippen molar-refractivity contribution < 1.29 is 29.6 Å². The first-order valence-electron chi connectivity index (χ1n) is 9.22. The average Bonchev–Trinajstić information content (AvgIpc) is 2.66. The third-order valence-electron chi connectivity index (χ3n) is 4.49. The van der Waals surface area contributed by atoms with Crippen LogP contribution in [0.5, 0.6) is 17.2 Å². The van der Waals surface area contributed by atoms with Gasteiger partial charge in [-0.15, -0.1) is 0 Å². The van der Waals surface area contributed by atoms with Crippen LogP contribution in [0.15, 0.2) is 42.5 Å². The highest BCUT2D eigenvalue weighted by Gasteiger charge is 2.15. The van der Waals surface area contributed by atoms with Crippen LogP contribution >= 0.6 is 0 Å². The molecule has 6 heteroatoms. The number of carbonyl (C=O) groups is 2. The molecule has 0 heterocycles. The van der Waals surface area contributed by atoms with Crippen LogP contribution < -0.4 is 4.74 Å². The Bertz CT molecular complexity index is 797. The van der Waals surface area contributed by atoms with Crippen molar-refractivity contribution >= 4 is 11.6 Å². The maximum atomic E-state index is 12.1. The lowest BCUT2D eigenvalue weighted by molar-refractivity contribution is -0.123. The molecule has 28 heavy (non-hydrogen) atoms. The van der Waals surface area contributed by atoms with Crippen LogP contribution in [-0.4, -0.2) is 40.1 Å². The maximum absolute atomic E-state index is 12.1. The Morgan fingerprint density at radius 1 is 0.893 bits per heavy atom. The van der Waals surface area contributed by atoms with Gasteiger partial charge in [-0.05, 0) is 48.2 Å². The fourth-order valence-corrected chi connectivity index (χ4v) is 2.91. The van der Waals surface area contributed by atoms with Crippen LogP contribution in [0.2, 0.25) is 0 Å². The third-order valence-corrected chi connectivity index (χ3v) is 4.49. The molecule has 2 aromatic carbocycles. The molecule has 1 atom stereocenters. The highest BCUT2D eigenvalue weighted by atomic mass is 16.5. The fourth-order valence-electron chi connectivity index (χ4n) is 2.91. The molecular formula is C22H26O6. The largest absolute Gasteiger partial charge is 0.508 e. The first kappa shape index (κ1) is 21.4. The lowest BCUT2D eigenvalue weighted by atomic mass is 9.99. The van der Waals surface area contributed by atoms with Gasteiger partial charge in [0, 0.05) is 25.7 Å². The minimum atomic E-state index is -0.978. The number of carbonyl (C=O) groups excluding carboxylic acids is 2. The molecular weight excluding hydrogens is 360 g/mol. The predicted molar refractivity (Wildman–Crippen MR) is 105 cm³/mol. The number of ether oxygens (including phenoxy) is 1. The summed E-state index contributed by atoms with van der Waals surface area (Å²) in [4.78, 5) is 24.1. The monoisotopic (exact) mass is 386 g/mol. The fraction of sp³-hybridized carbons (Fsp3) is 0.364. The van der Waals surface area contributed by atoms with Crippen molar-refractivity contribution in [1.82, 2.24) is 0 Å². The number of aliphatic hydroxyl groups is 1. The Balaban J connectivity index is 1.71. The molecule has 0 aliphatic heterocycles. The lowest BCUT2D eigenvalue weighted by Gasteiger charge is -2.10. The zero-order valence-corrected chi connectivity index (χ0v) is 15.9. The average molecular weight is 386 g/mol. The summed E-state index contributed by atoms with van der Waals surface area (Å²) >= 11 is 0. The maximum Gasteiger partial charge on any atom is 0.160 e. The summed E-state index contributed by atoms with van der Waals surface area (Å²) in [5.41, 5.74) is 1.78. The van der Waals surface area contributed by atoms with Crippen molar-refractivity contribution in [2.75, 3.05) is 7.11 Å². The molecule has 2 rings (SSSR count). The van der Waals surface area contributed by atoms with Crippen molar-refractivity contribution in [3.63, 3.8) is 0 Å². The van der Waals surface area contributed by atoms with Crippen molar-refractivity contribution in [1.29, 1.82) is 0 Å². The summed E-state index contributed by atoms with van der Waals surface area (Å²) in [6.07, 6.45) is 0.445. The van der Waals surface area contributed by atoms with Crippen molar-refractivity contribution in [2.45, 2.75) is 44.6 Å². The van der Waals surface area contributed by atoms with Gasteiger partial charge in [0.25, 0.3) is 0 Å². The first-order chi connectivity index (χ1) is 13.4. The Kier molecular flexibility index (Phi) is 8.02. The normalized spacial score (nSPS) is 11.8. The molecule has 2 aromatic rings. The van der Waals surface area contributed by atoms with E-state index in [2.05, 4.69) is 0 Å².